The number of benzene rings is 9. The van der Waals surface area contributed by atoms with E-state index in [1.165, 1.54) is 10.8 Å². The maximum atomic E-state index is 6.56. The van der Waals surface area contributed by atoms with Crippen LogP contribution in [0.1, 0.15) is 0 Å². The first-order valence-electron chi connectivity index (χ1n) is 19.4. The van der Waals surface area contributed by atoms with Crippen molar-refractivity contribution in [2.75, 3.05) is 0 Å². The van der Waals surface area contributed by atoms with E-state index in [-0.39, 0.29) is 0 Å². The molecule has 3 heterocycles. The lowest BCUT2D eigenvalue weighted by Crippen LogP contribution is -2.01. The van der Waals surface area contributed by atoms with Crippen molar-refractivity contribution < 1.29 is 4.42 Å². The predicted molar refractivity (Wildman–Crippen MR) is 236 cm³/mol. The van der Waals surface area contributed by atoms with Crippen molar-refractivity contribution in [3.05, 3.63) is 188 Å². The number of nitrogens with zero attached hydrogens (tertiary/aromatic N) is 5. The van der Waals surface area contributed by atoms with E-state index in [9.17, 15) is 0 Å². The van der Waals surface area contributed by atoms with Gasteiger partial charge in [-0.3, -0.25) is 0 Å². The first kappa shape index (κ1) is 32.3. The molecule has 6 heteroatoms. The summed E-state index contributed by atoms with van der Waals surface area (Å²) in [7, 11) is 0. The number of hydrogen-bond acceptors (Lipinski definition) is 5. The van der Waals surface area contributed by atoms with Gasteiger partial charge in [-0.2, -0.15) is 0 Å². The summed E-state index contributed by atoms with van der Waals surface area (Å²) >= 11 is 0. The van der Waals surface area contributed by atoms with Crippen molar-refractivity contribution in [1.29, 1.82) is 0 Å². The molecule has 0 aliphatic rings. The zero-order chi connectivity index (χ0) is 38.2. The zero-order valence-corrected chi connectivity index (χ0v) is 31.0. The van der Waals surface area contributed by atoms with E-state index in [1.54, 1.807) is 0 Å². The molecule has 0 amide bonds. The highest BCUT2D eigenvalue weighted by atomic mass is 16.3. The largest absolute Gasteiger partial charge is 0.435 e. The SMILES string of the molecule is c1ccc(-c2nc(-c3cccc(-n4c5ccccc5c5ccccc54)c3)nc(-c3ccc4c(ccc5ccc6ccc7nc(-c8ccccc8)oc7c6c54)c3)n2)cc1. The minimum absolute atomic E-state index is 0.608. The van der Waals surface area contributed by atoms with Gasteiger partial charge in [0, 0.05) is 49.5 Å². The summed E-state index contributed by atoms with van der Waals surface area (Å²) in [5.74, 6) is 2.45. The number of aromatic nitrogens is 5. The fourth-order valence-corrected chi connectivity index (χ4v) is 8.53. The van der Waals surface area contributed by atoms with Crippen molar-refractivity contribution in [1.82, 2.24) is 24.5 Å². The molecule has 0 unspecified atom stereocenters. The third-order valence-corrected chi connectivity index (χ3v) is 11.2. The van der Waals surface area contributed by atoms with Gasteiger partial charge in [0.25, 0.3) is 0 Å². The highest BCUT2D eigenvalue weighted by molar-refractivity contribution is 6.26. The smallest absolute Gasteiger partial charge is 0.227 e. The Morgan fingerprint density at radius 2 is 0.914 bits per heavy atom. The van der Waals surface area contributed by atoms with Gasteiger partial charge in [-0.15, -0.1) is 0 Å². The summed E-state index contributed by atoms with van der Waals surface area (Å²) in [5.41, 5.74) is 8.66. The Hall–Kier alpha value is -7.96. The van der Waals surface area contributed by atoms with Crippen LogP contribution in [0.15, 0.2) is 192 Å². The lowest BCUT2D eigenvalue weighted by Gasteiger charge is -2.12. The molecular weight excluding hydrogens is 711 g/mol. The summed E-state index contributed by atoms with van der Waals surface area (Å²) in [5, 5.41) is 9.06. The van der Waals surface area contributed by atoms with Gasteiger partial charge in [-0.05, 0) is 70.1 Å². The molecule has 6 nitrogen and oxygen atoms in total. The van der Waals surface area contributed by atoms with E-state index in [2.05, 4.69) is 126 Å². The molecule has 0 atom stereocenters. The first-order valence-corrected chi connectivity index (χ1v) is 19.4. The number of para-hydroxylation sites is 2. The third-order valence-electron chi connectivity index (χ3n) is 11.2. The van der Waals surface area contributed by atoms with Gasteiger partial charge in [-0.25, -0.2) is 19.9 Å². The van der Waals surface area contributed by atoms with Crippen LogP contribution in [0.4, 0.5) is 0 Å². The van der Waals surface area contributed by atoms with E-state index in [1.807, 2.05) is 66.7 Å². The second kappa shape index (κ2) is 12.8. The Morgan fingerprint density at radius 1 is 0.362 bits per heavy atom. The molecule has 3 aromatic heterocycles. The molecule has 0 aliphatic heterocycles. The maximum absolute atomic E-state index is 6.56. The molecule has 0 N–H and O–H groups in total. The van der Waals surface area contributed by atoms with E-state index in [0.717, 1.165) is 82.4 Å². The Morgan fingerprint density at radius 3 is 1.62 bits per heavy atom. The van der Waals surface area contributed by atoms with Crippen molar-refractivity contribution in [2.24, 2.45) is 0 Å². The minimum atomic E-state index is 0.608. The summed E-state index contributed by atoms with van der Waals surface area (Å²) < 4.78 is 8.88. The van der Waals surface area contributed by atoms with Crippen LogP contribution < -0.4 is 0 Å². The van der Waals surface area contributed by atoms with Crippen LogP contribution in [-0.2, 0) is 0 Å². The lowest BCUT2D eigenvalue weighted by molar-refractivity contribution is 0.623. The van der Waals surface area contributed by atoms with E-state index in [0.29, 0.717) is 23.4 Å². The molecular formula is C52H31N5O. The quantitative estimate of drug-likeness (QED) is 0.164. The molecule has 0 saturated carbocycles. The Balaban J connectivity index is 1.03. The maximum Gasteiger partial charge on any atom is 0.227 e. The summed E-state index contributed by atoms with van der Waals surface area (Å²) in [6.45, 7) is 0. The number of rotatable bonds is 5. The lowest BCUT2D eigenvalue weighted by atomic mass is 9.95. The van der Waals surface area contributed by atoms with Crippen LogP contribution in [0, 0.1) is 0 Å². The predicted octanol–water partition coefficient (Wildman–Crippen LogP) is 13.2. The Labute approximate surface area is 332 Å². The van der Waals surface area contributed by atoms with Gasteiger partial charge >= 0.3 is 0 Å². The van der Waals surface area contributed by atoms with Crippen LogP contribution in [-0.4, -0.2) is 24.5 Å². The van der Waals surface area contributed by atoms with Crippen LogP contribution >= 0.6 is 0 Å². The second-order valence-electron chi connectivity index (χ2n) is 14.7. The van der Waals surface area contributed by atoms with Crippen LogP contribution in [0.5, 0.6) is 0 Å². The molecule has 0 fully saturated rings. The topological polar surface area (TPSA) is 69.6 Å². The van der Waals surface area contributed by atoms with Gasteiger partial charge in [0.15, 0.2) is 23.1 Å². The molecule has 0 saturated heterocycles. The molecule has 270 valence electrons. The standard InChI is InChI=1S/C52H31N5O/c1-3-12-34(13-4-1)49-54-50(37-16-11-17-39(31-37)57-44-20-9-7-18-41(44)42-19-8-10-21-45(42)57)56-51(55-49)38-26-28-40-36(30-38)25-24-32-22-23-33-27-29-43-48(47(33)46(32)40)58-52(53-43)35-14-5-2-6-15-35/h1-31H. The third kappa shape index (κ3) is 5.12. The molecule has 12 aromatic rings. The number of fused-ring (bicyclic) bond motifs is 10. The average Bonchev–Trinajstić information content (AvgIpc) is 3.89. The number of hydrogen-bond donors (Lipinski definition) is 0. The summed E-state index contributed by atoms with van der Waals surface area (Å²) in [4.78, 5) is 20.3. The van der Waals surface area contributed by atoms with Crippen LogP contribution in [0.3, 0.4) is 0 Å². The molecule has 0 bridgehead atoms. The van der Waals surface area contributed by atoms with Gasteiger partial charge in [0.2, 0.25) is 5.89 Å². The first-order chi connectivity index (χ1) is 28.7. The highest BCUT2D eigenvalue weighted by Crippen LogP contribution is 2.39. The van der Waals surface area contributed by atoms with Crippen molar-refractivity contribution in [3.8, 4) is 51.3 Å². The Bertz CT molecular complexity index is 3520. The fourth-order valence-electron chi connectivity index (χ4n) is 8.53. The van der Waals surface area contributed by atoms with Crippen molar-refractivity contribution in [3.63, 3.8) is 0 Å². The summed E-state index contributed by atoms with van der Waals surface area (Å²) in [6.07, 6.45) is 0. The molecule has 0 radical (unpaired) electrons. The monoisotopic (exact) mass is 741 g/mol. The highest BCUT2D eigenvalue weighted by Gasteiger charge is 2.18. The number of oxazole rings is 1. The fraction of sp³-hybridized carbons (Fsp3) is 0. The van der Waals surface area contributed by atoms with E-state index in [4.69, 9.17) is 24.4 Å². The summed E-state index contributed by atoms with van der Waals surface area (Å²) in [6, 6.07) is 65.2. The van der Waals surface area contributed by atoms with Crippen LogP contribution in [0.2, 0.25) is 0 Å². The van der Waals surface area contributed by atoms with Gasteiger partial charge in [0.1, 0.15) is 5.52 Å². The van der Waals surface area contributed by atoms with Gasteiger partial charge in [-0.1, -0.05) is 140 Å². The zero-order valence-electron chi connectivity index (χ0n) is 31.0. The second-order valence-corrected chi connectivity index (χ2v) is 14.7. The van der Waals surface area contributed by atoms with E-state index >= 15 is 0 Å². The minimum Gasteiger partial charge on any atom is -0.435 e. The average molecular weight is 742 g/mol. The van der Waals surface area contributed by atoms with Crippen molar-refractivity contribution >= 4 is 65.2 Å². The van der Waals surface area contributed by atoms with Crippen LogP contribution in [0.25, 0.3) is 117 Å². The molecule has 0 spiro atoms. The Kier molecular flexibility index (Phi) is 7.13. The van der Waals surface area contributed by atoms with Gasteiger partial charge < -0.3 is 8.98 Å². The molecule has 12 rings (SSSR count). The molecule has 9 aromatic carbocycles. The molecule has 58 heavy (non-hydrogen) atoms. The normalized spacial score (nSPS) is 11.8. The van der Waals surface area contributed by atoms with E-state index < -0.39 is 0 Å². The van der Waals surface area contributed by atoms with Gasteiger partial charge in [0.05, 0.1) is 11.0 Å². The molecule has 0 aliphatic carbocycles. The van der Waals surface area contributed by atoms with Crippen molar-refractivity contribution in [2.45, 2.75) is 0 Å².